The van der Waals surface area contributed by atoms with Crippen LogP contribution in [-0.4, -0.2) is 51.2 Å². The number of rotatable bonds is 4. The third-order valence-corrected chi connectivity index (χ3v) is 5.55. The van der Waals surface area contributed by atoms with Crippen LogP contribution in [0.2, 0.25) is 0 Å². The summed E-state index contributed by atoms with van der Waals surface area (Å²) in [5, 5.41) is 10.4. The molecule has 0 amide bonds. The molecular formula is C22H26N2O4+2. The minimum atomic E-state index is -0.156. The maximum atomic E-state index is 12.8. The van der Waals surface area contributed by atoms with Gasteiger partial charge in [-0.25, -0.2) is 0 Å². The molecule has 0 bridgehead atoms. The van der Waals surface area contributed by atoms with Crippen molar-refractivity contribution in [2.45, 2.75) is 6.54 Å². The van der Waals surface area contributed by atoms with Crippen molar-refractivity contribution in [1.82, 2.24) is 0 Å². The van der Waals surface area contributed by atoms with Crippen molar-refractivity contribution in [2.75, 3.05) is 40.3 Å². The van der Waals surface area contributed by atoms with E-state index in [2.05, 4.69) is 7.05 Å². The molecule has 0 unspecified atom stereocenters. The van der Waals surface area contributed by atoms with Crippen LogP contribution in [-0.2, 0) is 6.54 Å². The molecular weight excluding hydrogens is 356 g/mol. The van der Waals surface area contributed by atoms with Gasteiger partial charge in [-0.3, -0.25) is 4.79 Å². The summed E-state index contributed by atoms with van der Waals surface area (Å²) in [6, 6.07) is 10.7. The molecule has 2 aliphatic heterocycles. The van der Waals surface area contributed by atoms with Crippen molar-refractivity contribution in [3.05, 3.63) is 58.8 Å². The van der Waals surface area contributed by atoms with Crippen molar-refractivity contribution >= 4 is 11.9 Å². The number of hydrogen-bond donors (Lipinski definition) is 3. The van der Waals surface area contributed by atoms with E-state index in [1.165, 1.54) is 9.80 Å². The first-order chi connectivity index (χ1) is 13.5. The zero-order valence-corrected chi connectivity index (χ0v) is 16.2. The van der Waals surface area contributed by atoms with Crippen molar-refractivity contribution in [3.8, 4) is 17.2 Å². The van der Waals surface area contributed by atoms with E-state index < -0.39 is 0 Å². The monoisotopic (exact) mass is 382 g/mol. The fourth-order valence-corrected chi connectivity index (χ4v) is 3.81. The summed E-state index contributed by atoms with van der Waals surface area (Å²) in [7, 11) is 3.81. The predicted molar refractivity (Wildman–Crippen MR) is 105 cm³/mol. The average molecular weight is 382 g/mol. The lowest BCUT2D eigenvalue weighted by molar-refractivity contribution is -1.01. The van der Waals surface area contributed by atoms with Gasteiger partial charge in [0.2, 0.25) is 5.78 Å². The van der Waals surface area contributed by atoms with Crippen LogP contribution in [0.4, 0.5) is 0 Å². The molecule has 146 valence electrons. The lowest BCUT2D eigenvalue weighted by Crippen LogP contribution is -3.26. The minimum absolute atomic E-state index is 0.156. The van der Waals surface area contributed by atoms with Crippen LogP contribution in [0.3, 0.4) is 0 Å². The third-order valence-electron chi connectivity index (χ3n) is 5.55. The van der Waals surface area contributed by atoms with Gasteiger partial charge in [0, 0.05) is 0 Å². The van der Waals surface area contributed by atoms with Crippen molar-refractivity contribution < 1.29 is 29.2 Å². The molecule has 2 heterocycles. The average Bonchev–Trinajstić information content (AvgIpc) is 3.01. The van der Waals surface area contributed by atoms with E-state index in [-0.39, 0.29) is 17.3 Å². The summed E-state index contributed by atoms with van der Waals surface area (Å²) in [6.07, 6.45) is 1.72. The van der Waals surface area contributed by atoms with Crippen molar-refractivity contribution in [2.24, 2.45) is 0 Å². The van der Waals surface area contributed by atoms with E-state index in [0.717, 1.165) is 43.1 Å². The normalized spacial score (nSPS) is 22.8. The van der Waals surface area contributed by atoms with Crippen molar-refractivity contribution in [3.63, 3.8) is 0 Å². The maximum Gasteiger partial charge on any atom is 0.231 e. The number of Topliss-reactive ketones (excluding diaryl/α,β-unsaturated/α-hetero) is 1. The largest absolute Gasteiger partial charge is 0.507 e. The Morgan fingerprint density at radius 3 is 2.71 bits per heavy atom. The molecule has 28 heavy (non-hydrogen) atoms. The number of piperazine rings is 1. The second-order valence-corrected chi connectivity index (χ2v) is 7.54. The second-order valence-electron chi connectivity index (χ2n) is 7.54. The second kappa shape index (κ2) is 7.66. The molecule has 6 heteroatoms. The Morgan fingerprint density at radius 1 is 1.18 bits per heavy atom. The summed E-state index contributed by atoms with van der Waals surface area (Å²) in [4.78, 5) is 15.8. The molecule has 2 aromatic carbocycles. The lowest BCUT2D eigenvalue weighted by Gasteiger charge is -2.27. The Morgan fingerprint density at radius 2 is 1.96 bits per heavy atom. The Hall–Kier alpha value is -2.83. The van der Waals surface area contributed by atoms with E-state index in [4.69, 9.17) is 9.47 Å². The number of fused-ring (bicyclic) bond motifs is 1. The van der Waals surface area contributed by atoms with Crippen LogP contribution in [0, 0.1) is 0 Å². The summed E-state index contributed by atoms with van der Waals surface area (Å²) in [5.74, 6) is 1.52. The van der Waals surface area contributed by atoms with Gasteiger partial charge in [-0.05, 0) is 35.9 Å². The van der Waals surface area contributed by atoms with Gasteiger partial charge in [-0.15, -0.1) is 0 Å². The number of aromatic hydroxyl groups is 1. The molecule has 0 aromatic heterocycles. The number of methoxy groups -OCH3 is 1. The van der Waals surface area contributed by atoms with Gasteiger partial charge in [0.1, 0.15) is 44.2 Å². The highest BCUT2D eigenvalue weighted by Crippen LogP contribution is 2.39. The molecule has 3 N–H and O–H groups in total. The zero-order valence-electron chi connectivity index (χ0n) is 16.2. The molecule has 0 saturated carbocycles. The number of quaternary nitrogens is 2. The summed E-state index contributed by atoms with van der Waals surface area (Å²) in [6.45, 7) is 4.94. The van der Waals surface area contributed by atoms with Gasteiger partial charge in [0.15, 0.2) is 11.5 Å². The Bertz CT molecular complexity index is 930. The molecule has 2 aromatic rings. The topological polar surface area (TPSA) is 64.6 Å². The first kappa shape index (κ1) is 18.5. The zero-order chi connectivity index (χ0) is 19.7. The predicted octanol–water partition coefficient (Wildman–Crippen LogP) is -0.0698. The number of ether oxygens (including phenoxy) is 2. The number of allylic oxidation sites excluding steroid dienone is 1. The van der Waals surface area contributed by atoms with Crippen LogP contribution in [0.25, 0.3) is 6.08 Å². The quantitative estimate of drug-likeness (QED) is 0.648. The molecule has 0 radical (unpaired) electrons. The van der Waals surface area contributed by atoms with Crippen LogP contribution in [0.15, 0.2) is 42.2 Å². The highest BCUT2D eigenvalue weighted by atomic mass is 16.5. The molecule has 0 aliphatic carbocycles. The minimum Gasteiger partial charge on any atom is -0.507 e. The molecule has 6 nitrogen and oxygen atoms in total. The molecule has 1 saturated heterocycles. The molecule has 1 fully saturated rings. The molecule has 4 rings (SSSR count). The Balaban J connectivity index is 1.62. The van der Waals surface area contributed by atoms with E-state index >= 15 is 0 Å². The molecule has 0 spiro atoms. The highest BCUT2D eigenvalue weighted by molar-refractivity contribution is 6.15. The number of phenols is 1. The van der Waals surface area contributed by atoms with E-state index in [1.807, 2.05) is 24.3 Å². The van der Waals surface area contributed by atoms with Crippen molar-refractivity contribution in [1.29, 1.82) is 0 Å². The molecule has 0 atom stereocenters. The number of ketones is 1. The number of carbonyl (C=O) groups excluding carboxylic acids is 1. The van der Waals surface area contributed by atoms with Crippen LogP contribution >= 0.6 is 0 Å². The molecule has 2 aliphatic rings. The number of nitrogens with one attached hydrogen (secondary N) is 2. The third kappa shape index (κ3) is 3.61. The van der Waals surface area contributed by atoms with Crippen LogP contribution in [0.5, 0.6) is 17.2 Å². The number of benzene rings is 2. The standard InChI is InChI=1S/C22H24N2O4/c1-23-8-10-24(11-9-23)14-18-19(25)7-6-17-21(26)20(28-22(17)18)13-15-4-3-5-16(12-15)27-2/h3-7,12-13,25H,8-11,14H2,1-2H3/p+2. The number of likely N-dealkylation sites (N-methyl/N-ethyl adjacent to an activating group) is 1. The number of hydrogen-bond acceptors (Lipinski definition) is 4. The number of phenolic OH excluding ortho intramolecular Hbond substituents is 1. The summed E-state index contributed by atoms with van der Waals surface area (Å²) >= 11 is 0. The fraction of sp³-hybridized carbons (Fsp3) is 0.318. The van der Waals surface area contributed by atoms with E-state index in [0.29, 0.717) is 17.9 Å². The van der Waals surface area contributed by atoms with Crippen LogP contribution < -0.4 is 19.3 Å². The fourth-order valence-electron chi connectivity index (χ4n) is 3.81. The number of carbonyl (C=O) groups is 1. The SMILES string of the molecule is COc1cccc(C=C2Oc3c(ccc(O)c3C[NH+]3CC[NH+](C)CC3)C2=O)c1. The van der Waals surface area contributed by atoms with Crippen LogP contribution in [0.1, 0.15) is 21.5 Å². The first-order valence-electron chi connectivity index (χ1n) is 9.63. The lowest BCUT2D eigenvalue weighted by atomic mass is 10.0. The Kier molecular flexibility index (Phi) is 5.07. The highest BCUT2D eigenvalue weighted by Gasteiger charge is 2.33. The van der Waals surface area contributed by atoms with E-state index in [1.54, 1.807) is 25.3 Å². The summed E-state index contributed by atoms with van der Waals surface area (Å²) < 4.78 is 11.2. The van der Waals surface area contributed by atoms with Gasteiger partial charge in [-0.2, -0.15) is 0 Å². The van der Waals surface area contributed by atoms with Gasteiger partial charge in [0.25, 0.3) is 0 Å². The smallest absolute Gasteiger partial charge is 0.231 e. The van der Waals surface area contributed by atoms with Gasteiger partial charge < -0.3 is 24.4 Å². The van der Waals surface area contributed by atoms with Gasteiger partial charge >= 0.3 is 0 Å². The van der Waals surface area contributed by atoms with Gasteiger partial charge in [0.05, 0.1) is 25.3 Å². The van der Waals surface area contributed by atoms with Gasteiger partial charge in [-0.1, -0.05) is 12.1 Å². The maximum absolute atomic E-state index is 12.8. The Labute approximate surface area is 164 Å². The first-order valence-corrected chi connectivity index (χ1v) is 9.63. The van der Waals surface area contributed by atoms with E-state index in [9.17, 15) is 9.90 Å². The summed E-state index contributed by atoms with van der Waals surface area (Å²) in [5.41, 5.74) is 2.06.